The average molecular weight is 341 g/mol. The Morgan fingerprint density at radius 2 is 1.87 bits per heavy atom. The highest BCUT2D eigenvalue weighted by molar-refractivity contribution is 7.90. The quantitative estimate of drug-likeness (QED) is 0.778. The Labute approximate surface area is 130 Å². The Balaban J connectivity index is 2.76. The summed E-state index contributed by atoms with van der Waals surface area (Å²) in [4.78, 5) is 26.4. The number of aromatic nitrogens is 2. The maximum atomic E-state index is 14.1. The largest absolute Gasteiger partial charge is 0.451 e. The number of hydrogen-bond acceptors (Lipinski definition) is 5. The SMILES string of the molecule is COC(=O)N=c1c(F)cn(S(=O)(=O)c2ccccc2)c(=O)n1C. The van der Waals surface area contributed by atoms with Crippen LogP contribution >= 0.6 is 0 Å². The van der Waals surface area contributed by atoms with E-state index in [1.165, 1.54) is 24.3 Å². The molecule has 0 atom stereocenters. The predicted molar refractivity (Wildman–Crippen MR) is 76.6 cm³/mol. The van der Waals surface area contributed by atoms with Crippen molar-refractivity contribution in [3.63, 3.8) is 0 Å². The van der Waals surface area contributed by atoms with E-state index in [-0.39, 0.29) is 8.87 Å². The normalized spacial score (nSPS) is 12.2. The third kappa shape index (κ3) is 3.06. The molecule has 1 aromatic heterocycles. The molecule has 0 radical (unpaired) electrons. The van der Waals surface area contributed by atoms with Gasteiger partial charge in [0.25, 0.3) is 10.0 Å². The fraction of sp³-hybridized carbons (Fsp3) is 0.154. The van der Waals surface area contributed by atoms with Gasteiger partial charge in [-0.1, -0.05) is 18.2 Å². The number of carbonyl (C=O) groups excluding carboxylic acids is 1. The van der Waals surface area contributed by atoms with Crippen LogP contribution in [0.3, 0.4) is 0 Å². The molecule has 122 valence electrons. The molecule has 1 heterocycles. The second-order valence-corrected chi connectivity index (χ2v) is 6.15. The van der Waals surface area contributed by atoms with E-state index in [1.54, 1.807) is 6.07 Å². The molecule has 8 nitrogen and oxygen atoms in total. The molecule has 0 N–H and O–H groups in total. The summed E-state index contributed by atoms with van der Waals surface area (Å²) in [6.07, 6.45) is -0.658. The standard InChI is InChI=1S/C13H12FN3O5S/c1-16-11(15-12(18)22-2)10(14)8-17(13(16)19)23(20,21)9-6-4-3-5-7-9/h3-8H,1-2H3. The molecule has 0 aliphatic carbocycles. The Hall–Kier alpha value is -2.75. The van der Waals surface area contributed by atoms with Gasteiger partial charge in [0.1, 0.15) is 0 Å². The fourth-order valence-electron chi connectivity index (χ4n) is 1.75. The molecule has 0 aliphatic rings. The van der Waals surface area contributed by atoms with Crippen LogP contribution in [0.4, 0.5) is 9.18 Å². The zero-order valence-electron chi connectivity index (χ0n) is 12.1. The van der Waals surface area contributed by atoms with E-state index in [2.05, 4.69) is 9.73 Å². The first kappa shape index (κ1) is 16.6. The molecule has 0 aliphatic heterocycles. The molecule has 1 aromatic carbocycles. The van der Waals surface area contributed by atoms with Gasteiger partial charge in [0.05, 0.1) is 18.2 Å². The molecular weight excluding hydrogens is 329 g/mol. The lowest BCUT2D eigenvalue weighted by Crippen LogP contribution is -2.42. The van der Waals surface area contributed by atoms with Crippen LogP contribution in [0.2, 0.25) is 0 Å². The predicted octanol–water partition coefficient (Wildman–Crippen LogP) is 0.230. The number of carbonyl (C=O) groups is 1. The summed E-state index contributed by atoms with van der Waals surface area (Å²) in [7, 11) is -2.16. The number of amides is 1. The number of benzene rings is 1. The van der Waals surface area contributed by atoms with Crippen molar-refractivity contribution in [3.05, 3.63) is 58.3 Å². The van der Waals surface area contributed by atoms with Crippen LogP contribution in [-0.2, 0) is 21.8 Å². The fourth-order valence-corrected chi connectivity index (χ4v) is 3.04. The Morgan fingerprint density at radius 1 is 1.26 bits per heavy atom. The molecular formula is C13H12FN3O5S. The first-order valence-electron chi connectivity index (χ1n) is 6.20. The minimum absolute atomic E-state index is 0.181. The second-order valence-electron chi connectivity index (χ2n) is 4.34. The van der Waals surface area contributed by atoms with Crippen molar-refractivity contribution in [1.82, 2.24) is 8.54 Å². The molecule has 0 spiro atoms. The van der Waals surface area contributed by atoms with Crippen LogP contribution < -0.4 is 11.2 Å². The monoisotopic (exact) mass is 341 g/mol. The summed E-state index contributed by atoms with van der Waals surface area (Å²) in [5.41, 5.74) is -1.72. The molecule has 0 fully saturated rings. The minimum Gasteiger partial charge on any atom is -0.451 e. The molecule has 10 heteroatoms. The van der Waals surface area contributed by atoms with Crippen molar-refractivity contribution in [2.75, 3.05) is 7.11 Å². The molecule has 2 aromatic rings. The summed E-state index contributed by atoms with van der Waals surface area (Å²) in [6.45, 7) is 0. The van der Waals surface area contributed by atoms with E-state index in [4.69, 9.17) is 0 Å². The minimum atomic E-state index is -4.28. The van der Waals surface area contributed by atoms with E-state index < -0.39 is 33.1 Å². The lowest BCUT2D eigenvalue weighted by molar-refractivity contribution is 0.181. The molecule has 0 bridgehead atoms. The van der Waals surface area contributed by atoms with E-state index in [0.717, 1.165) is 14.2 Å². The topological polar surface area (TPSA) is 99.7 Å². The van der Waals surface area contributed by atoms with Gasteiger partial charge >= 0.3 is 11.8 Å². The highest BCUT2D eigenvalue weighted by Gasteiger charge is 2.21. The van der Waals surface area contributed by atoms with E-state index >= 15 is 0 Å². The lowest BCUT2D eigenvalue weighted by atomic mass is 10.4. The van der Waals surface area contributed by atoms with Crippen LogP contribution in [0, 0.1) is 5.82 Å². The van der Waals surface area contributed by atoms with Gasteiger partial charge in [-0.3, -0.25) is 4.57 Å². The van der Waals surface area contributed by atoms with Crippen LogP contribution in [0.5, 0.6) is 0 Å². The number of ether oxygens (including phenoxy) is 1. The van der Waals surface area contributed by atoms with Crippen molar-refractivity contribution in [2.45, 2.75) is 4.90 Å². The summed E-state index contributed by atoms with van der Waals surface area (Å²) in [6, 6.07) is 7.07. The van der Waals surface area contributed by atoms with Crippen molar-refractivity contribution in [1.29, 1.82) is 0 Å². The molecule has 1 amide bonds. The van der Waals surface area contributed by atoms with E-state index in [1.807, 2.05) is 0 Å². The number of halogens is 1. The molecule has 2 rings (SSSR count). The van der Waals surface area contributed by atoms with Crippen LogP contribution in [0.15, 0.2) is 51.2 Å². The lowest BCUT2D eigenvalue weighted by Gasteiger charge is -2.10. The zero-order valence-corrected chi connectivity index (χ0v) is 12.9. The Bertz CT molecular complexity index is 977. The first-order valence-corrected chi connectivity index (χ1v) is 7.64. The van der Waals surface area contributed by atoms with Crippen LogP contribution in [0.1, 0.15) is 0 Å². The second kappa shape index (κ2) is 6.16. The average Bonchev–Trinajstić information content (AvgIpc) is 2.55. The third-order valence-corrected chi connectivity index (χ3v) is 4.56. The highest BCUT2D eigenvalue weighted by atomic mass is 32.2. The summed E-state index contributed by atoms with van der Waals surface area (Å²) >= 11 is 0. The maximum Gasteiger partial charge on any atom is 0.435 e. The van der Waals surface area contributed by atoms with E-state index in [0.29, 0.717) is 10.8 Å². The van der Waals surface area contributed by atoms with Crippen molar-refractivity contribution >= 4 is 16.1 Å². The number of nitrogens with zero attached hydrogens (tertiary/aromatic N) is 3. The van der Waals surface area contributed by atoms with Gasteiger partial charge < -0.3 is 4.74 Å². The Kier molecular flexibility index (Phi) is 4.45. The summed E-state index contributed by atoms with van der Waals surface area (Å²) < 4.78 is 44.0. The summed E-state index contributed by atoms with van der Waals surface area (Å²) in [5, 5.41) is 0. The van der Waals surface area contributed by atoms with Gasteiger partial charge in [-0.25, -0.2) is 22.4 Å². The molecule has 0 unspecified atom stereocenters. The van der Waals surface area contributed by atoms with E-state index in [9.17, 15) is 22.4 Å². The van der Waals surface area contributed by atoms with Crippen molar-refractivity contribution < 1.29 is 22.3 Å². The molecule has 0 saturated carbocycles. The molecule has 23 heavy (non-hydrogen) atoms. The van der Waals surface area contributed by atoms with Gasteiger partial charge in [0.15, 0.2) is 11.3 Å². The van der Waals surface area contributed by atoms with Gasteiger partial charge in [-0.15, -0.1) is 0 Å². The van der Waals surface area contributed by atoms with Crippen molar-refractivity contribution in [3.8, 4) is 0 Å². The van der Waals surface area contributed by atoms with Crippen LogP contribution in [0.25, 0.3) is 0 Å². The zero-order chi connectivity index (χ0) is 17.2. The highest BCUT2D eigenvalue weighted by Crippen LogP contribution is 2.10. The number of methoxy groups -OCH3 is 1. The van der Waals surface area contributed by atoms with Crippen LogP contribution in [-0.4, -0.2) is 30.2 Å². The third-order valence-electron chi connectivity index (χ3n) is 2.91. The smallest absolute Gasteiger partial charge is 0.435 e. The first-order chi connectivity index (χ1) is 10.8. The van der Waals surface area contributed by atoms with Gasteiger partial charge in [-0.2, -0.15) is 8.96 Å². The van der Waals surface area contributed by atoms with Gasteiger partial charge in [0, 0.05) is 7.05 Å². The Morgan fingerprint density at radius 3 is 2.43 bits per heavy atom. The number of rotatable bonds is 2. The number of hydrogen-bond donors (Lipinski definition) is 0. The maximum absolute atomic E-state index is 14.1. The summed E-state index contributed by atoms with van der Waals surface area (Å²) in [5.74, 6) is -1.17. The van der Waals surface area contributed by atoms with Crippen molar-refractivity contribution in [2.24, 2.45) is 12.0 Å². The van der Waals surface area contributed by atoms with Gasteiger partial charge in [-0.05, 0) is 12.1 Å². The molecule has 0 saturated heterocycles. The van der Waals surface area contributed by atoms with Gasteiger partial charge in [0.2, 0.25) is 0 Å².